The van der Waals surface area contributed by atoms with Crippen LogP contribution in [0, 0.1) is 0 Å². The van der Waals surface area contributed by atoms with Crippen LogP contribution >= 0.6 is 0 Å². The molecular formula is C14H19N5. The van der Waals surface area contributed by atoms with E-state index < -0.39 is 0 Å². The van der Waals surface area contributed by atoms with Crippen LogP contribution in [-0.4, -0.2) is 28.0 Å². The molecule has 0 aliphatic carbocycles. The Bertz CT molecular complexity index is 527. The third-order valence-corrected chi connectivity index (χ3v) is 2.93. The zero-order valence-corrected chi connectivity index (χ0v) is 11.5. The minimum Gasteiger partial charge on any atom is -0.373 e. The Balaban J connectivity index is 2.36. The second-order valence-electron chi connectivity index (χ2n) is 4.41. The lowest BCUT2D eigenvalue weighted by Crippen LogP contribution is -2.16. The number of pyridine rings is 1. The molecule has 0 spiro atoms. The van der Waals surface area contributed by atoms with Gasteiger partial charge in [0.25, 0.3) is 0 Å². The summed E-state index contributed by atoms with van der Waals surface area (Å²) < 4.78 is 0. The molecule has 0 aromatic carbocycles. The zero-order chi connectivity index (χ0) is 13.7. The molecule has 19 heavy (non-hydrogen) atoms. The number of nitrogens with one attached hydrogen (secondary N) is 2. The highest BCUT2D eigenvalue weighted by Gasteiger charge is 2.07. The number of aromatic nitrogens is 3. The van der Waals surface area contributed by atoms with E-state index in [9.17, 15) is 0 Å². The molecule has 0 aliphatic heterocycles. The molecule has 0 aliphatic rings. The summed E-state index contributed by atoms with van der Waals surface area (Å²) in [6.45, 7) is 4.24. The first-order valence-corrected chi connectivity index (χ1v) is 6.46. The smallest absolute Gasteiger partial charge is 0.225 e. The van der Waals surface area contributed by atoms with Gasteiger partial charge in [0.05, 0.1) is 5.69 Å². The van der Waals surface area contributed by atoms with E-state index in [2.05, 4.69) is 39.4 Å². The lowest BCUT2D eigenvalue weighted by Gasteiger charge is -2.13. The molecule has 0 unspecified atom stereocenters. The normalized spacial score (nSPS) is 11.9. The summed E-state index contributed by atoms with van der Waals surface area (Å²) in [7, 11) is 1.85. The van der Waals surface area contributed by atoms with Gasteiger partial charge in [0.15, 0.2) is 0 Å². The van der Waals surface area contributed by atoms with Gasteiger partial charge in [-0.1, -0.05) is 6.92 Å². The molecule has 0 fully saturated rings. The molecule has 2 N–H and O–H groups in total. The second-order valence-corrected chi connectivity index (χ2v) is 4.41. The molecule has 5 heteroatoms. The molecule has 2 aromatic rings. The average Bonchev–Trinajstić information content (AvgIpc) is 2.47. The Morgan fingerprint density at radius 3 is 2.79 bits per heavy atom. The van der Waals surface area contributed by atoms with Crippen molar-refractivity contribution < 1.29 is 0 Å². The first-order chi connectivity index (χ1) is 9.22. The minimum atomic E-state index is 0.342. The number of hydrogen-bond acceptors (Lipinski definition) is 5. The molecule has 0 bridgehead atoms. The van der Waals surface area contributed by atoms with Crippen molar-refractivity contribution in [1.29, 1.82) is 0 Å². The minimum absolute atomic E-state index is 0.342. The van der Waals surface area contributed by atoms with E-state index in [1.165, 1.54) is 0 Å². The van der Waals surface area contributed by atoms with Crippen molar-refractivity contribution in [1.82, 2.24) is 15.0 Å². The second kappa shape index (κ2) is 6.13. The van der Waals surface area contributed by atoms with Gasteiger partial charge >= 0.3 is 0 Å². The first-order valence-electron chi connectivity index (χ1n) is 6.46. The van der Waals surface area contributed by atoms with Crippen LogP contribution in [0.25, 0.3) is 11.3 Å². The van der Waals surface area contributed by atoms with Crippen LogP contribution in [-0.2, 0) is 0 Å². The first kappa shape index (κ1) is 13.3. The van der Waals surface area contributed by atoms with Crippen molar-refractivity contribution in [3.63, 3.8) is 0 Å². The Morgan fingerprint density at radius 2 is 2.16 bits per heavy atom. The summed E-state index contributed by atoms with van der Waals surface area (Å²) in [4.78, 5) is 13.1. The fourth-order valence-corrected chi connectivity index (χ4v) is 1.62. The monoisotopic (exact) mass is 257 g/mol. The largest absolute Gasteiger partial charge is 0.373 e. The van der Waals surface area contributed by atoms with E-state index in [4.69, 9.17) is 0 Å². The predicted octanol–water partition coefficient (Wildman–Crippen LogP) is 2.79. The summed E-state index contributed by atoms with van der Waals surface area (Å²) in [6.07, 6.45) is 4.58. The van der Waals surface area contributed by atoms with Gasteiger partial charge in [0.1, 0.15) is 5.82 Å². The number of rotatable bonds is 5. The van der Waals surface area contributed by atoms with Gasteiger partial charge < -0.3 is 10.6 Å². The standard InChI is InChI=1S/C14H19N5/c1-4-10(2)17-14-18-12(8-13(15-3)19-14)11-6-5-7-16-9-11/h5-10H,4H2,1-3H3,(H2,15,17,18,19)/t10-/m1/s1. The van der Waals surface area contributed by atoms with Gasteiger partial charge in [-0.2, -0.15) is 4.98 Å². The SMILES string of the molecule is CC[C@@H](C)Nc1nc(NC)cc(-c2cccnc2)n1. The molecule has 100 valence electrons. The Kier molecular flexibility index (Phi) is 4.28. The molecule has 1 atom stereocenters. The van der Waals surface area contributed by atoms with Crippen molar-refractivity contribution in [2.75, 3.05) is 17.7 Å². The third kappa shape index (κ3) is 3.40. The van der Waals surface area contributed by atoms with Crippen LogP contribution in [0.15, 0.2) is 30.6 Å². The fourth-order valence-electron chi connectivity index (χ4n) is 1.62. The van der Waals surface area contributed by atoms with Crippen molar-refractivity contribution >= 4 is 11.8 Å². The van der Waals surface area contributed by atoms with E-state index in [1.54, 1.807) is 12.4 Å². The lowest BCUT2D eigenvalue weighted by atomic mass is 10.2. The Hall–Kier alpha value is -2.17. The van der Waals surface area contributed by atoms with E-state index in [0.717, 1.165) is 23.5 Å². The highest BCUT2D eigenvalue weighted by molar-refractivity contribution is 5.63. The quantitative estimate of drug-likeness (QED) is 0.862. The number of anilines is 2. The molecule has 0 amide bonds. The molecule has 0 saturated heterocycles. The van der Waals surface area contributed by atoms with Gasteiger partial charge in [0, 0.05) is 37.1 Å². The maximum absolute atomic E-state index is 4.54. The van der Waals surface area contributed by atoms with Crippen LogP contribution in [0.5, 0.6) is 0 Å². The van der Waals surface area contributed by atoms with E-state index in [1.807, 2.05) is 25.2 Å². The summed E-state index contributed by atoms with van der Waals surface area (Å²) in [5.74, 6) is 1.43. The van der Waals surface area contributed by atoms with E-state index >= 15 is 0 Å². The average molecular weight is 257 g/mol. The topological polar surface area (TPSA) is 62.7 Å². The van der Waals surface area contributed by atoms with Gasteiger partial charge in [-0.3, -0.25) is 4.98 Å². The van der Waals surface area contributed by atoms with Crippen molar-refractivity contribution in [3.8, 4) is 11.3 Å². The van der Waals surface area contributed by atoms with Crippen molar-refractivity contribution in [3.05, 3.63) is 30.6 Å². The van der Waals surface area contributed by atoms with Gasteiger partial charge in [-0.15, -0.1) is 0 Å². The van der Waals surface area contributed by atoms with Crippen LogP contribution in [0.3, 0.4) is 0 Å². The maximum atomic E-state index is 4.54. The van der Waals surface area contributed by atoms with Crippen LogP contribution in [0.1, 0.15) is 20.3 Å². The maximum Gasteiger partial charge on any atom is 0.225 e. The lowest BCUT2D eigenvalue weighted by molar-refractivity contribution is 0.753. The predicted molar refractivity (Wildman–Crippen MR) is 78.2 cm³/mol. The summed E-state index contributed by atoms with van der Waals surface area (Å²) >= 11 is 0. The summed E-state index contributed by atoms with van der Waals surface area (Å²) in [6, 6.07) is 6.15. The zero-order valence-electron chi connectivity index (χ0n) is 11.5. The molecule has 2 rings (SSSR count). The number of nitrogens with zero attached hydrogens (tertiary/aromatic N) is 3. The Morgan fingerprint density at radius 1 is 1.32 bits per heavy atom. The molecule has 0 saturated carbocycles. The van der Waals surface area contributed by atoms with Crippen LogP contribution < -0.4 is 10.6 Å². The van der Waals surface area contributed by atoms with E-state index in [-0.39, 0.29) is 0 Å². The van der Waals surface area contributed by atoms with Gasteiger partial charge in [-0.05, 0) is 25.5 Å². The highest BCUT2D eigenvalue weighted by Crippen LogP contribution is 2.20. The van der Waals surface area contributed by atoms with Gasteiger partial charge in [-0.25, -0.2) is 4.98 Å². The molecule has 5 nitrogen and oxygen atoms in total. The molecular weight excluding hydrogens is 238 g/mol. The number of hydrogen-bond donors (Lipinski definition) is 2. The van der Waals surface area contributed by atoms with Crippen LogP contribution in [0.2, 0.25) is 0 Å². The highest BCUT2D eigenvalue weighted by atomic mass is 15.1. The van der Waals surface area contributed by atoms with Crippen LogP contribution in [0.4, 0.5) is 11.8 Å². The Labute approximate surface area is 113 Å². The molecule has 2 aromatic heterocycles. The van der Waals surface area contributed by atoms with Crippen molar-refractivity contribution in [2.24, 2.45) is 0 Å². The summed E-state index contributed by atoms with van der Waals surface area (Å²) in [5.41, 5.74) is 1.84. The molecule has 2 heterocycles. The third-order valence-electron chi connectivity index (χ3n) is 2.93. The van der Waals surface area contributed by atoms with Gasteiger partial charge in [0.2, 0.25) is 5.95 Å². The van der Waals surface area contributed by atoms with Crippen molar-refractivity contribution in [2.45, 2.75) is 26.3 Å². The molecule has 0 radical (unpaired) electrons. The fraction of sp³-hybridized carbons (Fsp3) is 0.357. The van der Waals surface area contributed by atoms with E-state index in [0.29, 0.717) is 12.0 Å². The summed E-state index contributed by atoms with van der Waals surface area (Å²) in [5, 5.41) is 6.35.